The number of thiophene rings is 1. The van der Waals surface area contributed by atoms with Crippen LogP contribution in [0.2, 0.25) is 0 Å². The van der Waals surface area contributed by atoms with Crippen molar-refractivity contribution in [2.45, 2.75) is 46.1 Å². The SMILES string of the molecule is CCCCOC(=NC(C)(C)C)c1cccs1. The van der Waals surface area contributed by atoms with Gasteiger partial charge in [0.2, 0.25) is 5.90 Å². The molecule has 0 saturated heterocycles. The molecule has 16 heavy (non-hydrogen) atoms. The van der Waals surface area contributed by atoms with E-state index in [1.54, 1.807) is 11.3 Å². The van der Waals surface area contributed by atoms with Crippen molar-refractivity contribution in [1.82, 2.24) is 0 Å². The molecule has 1 aromatic rings. The topological polar surface area (TPSA) is 21.6 Å². The van der Waals surface area contributed by atoms with Gasteiger partial charge in [-0.1, -0.05) is 19.4 Å². The van der Waals surface area contributed by atoms with Crippen molar-refractivity contribution >= 4 is 17.2 Å². The van der Waals surface area contributed by atoms with Crippen LogP contribution in [0, 0.1) is 0 Å². The minimum Gasteiger partial charge on any atom is -0.477 e. The van der Waals surface area contributed by atoms with E-state index in [9.17, 15) is 0 Å². The van der Waals surface area contributed by atoms with E-state index in [2.05, 4.69) is 44.1 Å². The van der Waals surface area contributed by atoms with Crippen LogP contribution in [-0.2, 0) is 4.74 Å². The van der Waals surface area contributed by atoms with Gasteiger partial charge in [0, 0.05) is 0 Å². The number of aliphatic imine (C=N–C) groups is 1. The first kappa shape index (κ1) is 13.2. The van der Waals surface area contributed by atoms with Crippen molar-refractivity contribution in [3.8, 4) is 0 Å². The zero-order valence-electron chi connectivity index (χ0n) is 10.6. The maximum absolute atomic E-state index is 5.76. The fourth-order valence-electron chi connectivity index (χ4n) is 1.18. The molecule has 0 spiro atoms. The first-order chi connectivity index (χ1) is 7.53. The highest BCUT2D eigenvalue weighted by atomic mass is 32.1. The summed E-state index contributed by atoms with van der Waals surface area (Å²) < 4.78 is 5.76. The second-order valence-corrected chi connectivity index (χ2v) is 5.71. The van der Waals surface area contributed by atoms with Crippen molar-refractivity contribution in [2.75, 3.05) is 6.61 Å². The van der Waals surface area contributed by atoms with E-state index >= 15 is 0 Å². The second kappa shape index (κ2) is 6.04. The van der Waals surface area contributed by atoms with Gasteiger partial charge in [0.05, 0.1) is 17.0 Å². The van der Waals surface area contributed by atoms with Gasteiger partial charge in [-0.25, -0.2) is 4.99 Å². The summed E-state index contributed by atoms with van der Waals surface area (Å²) in [6.07, 6.45) is 2.22. The van der Waals surface area contributed by atoms with Crippen LogP contribution >= 0.6 is 11.3 Å². The molecule has 0 aliphatic heterocycles. The molecule has 3 heteroatoms. The van der Waals surface area contributed by atoms with Gasteiger partial charge in [-0.05, 0) is 38.6 Å². The zero-order valence-corrected chi connectivity index (χ0v) is 11.4. The molecule has 0 fully saturated rings. The molecular formula is C13H21NOS. The minimum atomic E-state index is -0.0917. The zero-order chi connectivity index (χ0) is 12.0. The summed E-state index contributed by atoms with van der Waals surface area (Å²) in [7, 11) is 0. The molecule has 0 radical (unpaired) electrons. The lowest BCUT2D eigenvalue weighted by Crippen LogP contribution is -2.17. The maximum Gasteiger partial charge on any atom is 0.226 e. The van der Waals surface area contributed by atoms with Crippen LogP contribution in [0.1, 0.15) is 45.4 Å². The molecule has 1 aromatic heterocycles. The highest BCUT2D eigenvalue weighted by molar-refractivity contribution is 7.12. The van der Waals surface area contributed by atoms with E-state index in [0.717, 1.165) is 30.2 Å². The Morgan fingerprint density at radius 2 is 2.19 bits per heavy atom. The average Bonchev–Trinajstić information content (AvgIpc) is 2.67. The van der Waals surface area contributed by atoms with Crippen molar-refractivity contribution in [3.63, 3.8) is 0 Å². The summed E-state index contributed by atoms with van der Waals surface area (Å²) in [6.45, 7) is 9.18. The summed E-state index contributed by atoms with van der Waals surface area (Å²) in [5.41, 5.74) is -0.0917. The lowest BCUT2D eigenvalue weighted by atomic mass is 10.1. The largest absolute Gasteiger partial charge is 0.477 e. The lowest BCUT2D eigenvalue weighted by Gasteiger charge is -2.15. The Bertz CT molecular complexity index is 322. The van der Waals surface area contributed by atoms with E-state index in [-0.39, 0.29) is 5.54 Å². The Labute approximate surface area is 102 Å². The molecule has 0 N–H and O–H groups in total. The number of ether oxygens (including phenoxy) is 1. The predicted molar refractivity (Wildman–Crippen MR) is 71.5 cm³/mol. The normalized spacial score (nSPS) is 12.9. The van der Waals surface area contributed by atoms with E-state index in [1.807, 2.05) is 6.07 Å². The quantitative estimate of drug-likeness (QED) is 0.440. The van der Waals surface area contributed by atoms with Crippen LogP contribution in [0.5, 0.6) is 0 Å². The third-order valence-corrected chi connectivity index (χ3v) is 2.76. The number of nitrogens with zero attached hydrogens (tertiary/aromatic N) is 1. The molecule has 0 aliphatic rings. The van der Waals surface area contributed by atoms with Crippen molar-refractivity contribution < 1.29 is 4.74 Å². The van der Waals surface area contributed by atoms with Crippen LogP contribution in [-0.4, -0.2) is 18.0 Å². The Morgan fingerprint density at radius 3 is 2.69 bits per heavy atom. The van der Waals surface area contributed by atoms with Gasteiger partial charge in [-0.3, -0.25) is 0 Å². The molecule has 0 atom stereocenters. The number of hydrogen-bond donors (Lipinski definition) is 0. The van der Waals surface area contributed by atoms with E-state index < -0.39 is 0 Å². The van der Waals surface area contributed by atoms with Gasteiger partial charge in [0.1, 0.15) is 0 Å². The van der Waals surface area contributed by atoms with Crippen LogP contribution in [0.15, 0.2) is 22.5 Å². The fraction of sp³-hybridized carbons (Fsp3) is 0.615. The molecule has 1 rings (SSSR count). The summed E-state index contributed by atoms with van der Waals surface area (Å²) in [4.78, 5) is 5.74. The van der Waals surface area contributed by atoms with E-state index in [0.29, 0.717) is 0 Å². The first-order valence-electron chi connectivity index (χ1n) is 5.79. The second-order valence-electron chi connectivity index (χ2n) is 4.77. The Morgan fingerprint density at radius 1 is 1.44 bits per heavy atom. The predicted octanol–water partition coefficient (Wildman–Crippen LogP) is 4.11. The fourth-order valence-corrected chi connectivity index (χ4v) is 1.84. The van der Waals surface area contributed by atoms with Gasteiger partial charge in [-0.2, -0.15) is 0 Å². The summed E-state index contributed by atoms with van der Waals surface area (Å²) in [5, 5.41) is 2.05. The molecule has 0 amide bonds. The number of unbranched alkanes of at least 4 members (excludes halogenated alkanes) is 1. The smallest absolute Gasteiger partial charge is 0.226 e. The monoisotopic (exact) mass is 239 g/mol. The van der Waals surface area contributed by atoms with Crippen LogP contribution in [0.3, 0.4) is 0 Å². The van der Waals surface area contributed by atoms with E-state index in [4.69, 9.17) is 4.74 Å². The molecular weight excluding hydrogens is 218 g/mol. The average molecular weight is 239 g/mol. The molecule has 0 aliphatic carbocycles. The van der Waals surface area contributed by atoms with Crippen LogP contribution in [0.4, 0.5) is 0 Å². The molecule has 0 aromatic carbocycles. The van der Waals surface area contributed by atoms with Gasteiger partial charge < -0.3 is 4.74 Å². The van der Waals surface area contributed by atoms with Crippen LogP contribution < -0.4 is 0 Å². The third-order valence-electron chi connectivity index (χ3n) is 1.91. The standard InChI is InChI=1S/C13H21NOS/c1-5-6-9-15-12(14-13(2,3)4)11-8-7-10-16-11/h7-8,10H,5-6,9H2,1-4H3. The highest BCUT2D eigenvalue weighted by Crippen LogP contribution is 2.16. The molecule has 2 nitrogen and oxygen atoms in total. The molecule has 0 saturated carbocycles. The van der Waals surface area contributed by atoms with Crippen LogP contribution in [0.25, 0.3) is 0 Å². The Kier molecular flexibility index (Phi) is 5.00. The van der Waals surface area contributed by atoms with Crippen molar-refractivity contribution in [2.24, 2.45) is 4.99 Å². The summed E-state index contributed by atoms with van der Waals surface area (Å²) >= 11 is 1.67. The van der Waals surface area contributed by atoms with Gasteiger partial charge in [-0.15, -0.1) is 11.3 Å². The van der Waals surface area contributed by atoms with Crippen molar-refractivity contribution in [3.05, 3.63) is 22.4 Å². The Hall–Kier alpha value is -0.830. The molecule has 1 heterocycles. The highest BCUT2D eigenvalue weighted by Gasteiger charge is 2.13. The maximum atomic E-state index is 5.76. The molecule has 0 unspecified atom stereocenters. The molecule has 0 bridgehead atoms. The molecule has 90 valence electrons. The number of rotatable bonds is 4. The summed E-state index contributed by atoms with van der Waals surface area (Å²) in [6, 6.07) is 4.09. The summed E-state index contributed by atoms with van der Waals surface area (Å²) in [5.74, 6) is 0.788. The first-order valence-corrected chi connectivity index (χ1v) is 6.67. The van der Waals surface area contributed by atoms with Gasteiger partial charge in [0.25, 0.3) is 0 Å². The third kappa shape index (κ3) is 4.79. The van der Waals surface area contributed by atoms with Gasteiger partial charge >= 0.3 is 0 Å². The number of hydrogen-bond acceptors (Lipinski definition) is 3. The Balaban J connectivity index is 2.74. The van der Waals surface area contributed by atoms with E-state index in [1.165, 1.54) is 0 Å². The van der Waals surface area contributed by atoms with Crippen molar-refractivity contribution in [1.29, 1.82) is 0 Å². The lowest BCUT2D eigenvalue weighted by molar-refractivity contribution is 0.293. The minimum absolute atomic E-state index is 0.0917. The van der Waals surface area contributed by atoms with Gasteiger partial charge in [0.15, 0.2) is 0 Å².